The normalized spacial score (nSPS) is 13.2. The molecular formula is C8H11BrClN3O2. The van der Waals surface area contributed by atoms with Crippen molar-refractivity contribution in [3.05, 3.63) is 21.6 Å². The van der Waals surface area contributed by atoms with Crippen molar-refractivity contribution >= 4 is 27.5 Å². The number of rotatable bonds is 4. The number of hydrogen-bond donors (Lipinski definition) is 1. The van der Waals surface area contributed by atoms with Gasteiger partial charge in [-0.2, -0.15) is 0 Å². The molecule has 1 unspecified atom stereocenters. The molecule has 1 aromatic rings. The minimum absolute atomic E-state index is 0.134. The van der Waals surface area contributed by atoms with Crippen LogP contribution in [0.3, 0.4) is 0 Å². The van der Waals surface area contributed by atoms with Crippen LogP contribution in [0.25, 0.3) is 0 Å². The van der Waals surface area contributed by atoms with Crippen molar-refractivity contribution in [1.29, 1.82) is 0 Å². The predicted molar refractivity (Wildman–Crippen MR) is 59.5 cm³/mol. The highest BCUT2D eigenvalue weighted by Gasteiger charge is 2.22. The number of halogens is 2. The van der Waals surface area contributed by atoms with E-state index < -0.39 is 12.3 Å². The molecule has 1 aromatic heterocycles. The van der Waals surface area contributed by atoms with Crippen LogP contribution >= 0.6 is 27.5 Å². The summed E-state index contributed by atoms with van der Waals surface area (Å²) in [7, 11) is 3.01. The van der Waals surface area contributed by atoms with Gasteiger partial charge in [0.1, 0.15) is 6.04 Å². The number of methoxy groups -OCH3 is 2. The maximum absolute atomic E-state index is 5.90. The lowest BCUT2D eigenvalue weighted by molar-refractivity contribution is -0.118. The van der Waals surface area contributed by atoms with Crippen LogP contribution in [0, 0.1) is 0 Å². The van der Waals surface area contributed by atoms with E-state index in [0.717, 1.165) is 0 Å². The number of hydrogen-bond acceptors (Lipinski definition) is 5. The molecule has 0 aliphatic heterocycles. The highest BCUT2D eigenvalue weighted by molar-refractivity contribution is 9.10. The zero-order chi connectivity index (χ0) is 11.4. The monoisotopic (exact) mass is 295 g/mol. The van der Waals surface area contributed by atoms with Gasteiger partial charge in [0.25, 0.3) is 0 Å². The molecule has 0 saturated carbocycles. The van der Waals surface area contributed by atoms with Crippen LogP contribution < -0.4 is 5.73 Å². The van der Waals surface area contributed by atoms with Gasteiger partial charge in [0.05, 0.1) is 10.2 Å². The van der Waals surface area contributed by atoms with Crippen LogP contribution in [0.15, 0.2) is 10.7 Å². The van der Waals surface area contributed by atoms with Gasteiger partial charge in [-0.05, 0) is 27.5 Å². The highest BCUT2D eigenvalue weighted by atomic mass is 79.9. The van der Waals surface area contributed by atoms with Crippen LogP contribution in [0.1, 0.15) is 11.7 Å². The standard InChI is InChI=1S/C8H11BrClN3O2/c1-14-7(15-2)5(11)6-4(9)3-12-8(10)13-6/h3,5,7H,11H2,1-2H3. The van der Waals surface area contributed by atoms with E-state index in [1.165, 1.54) is 20.4 Å². The molecule has 1 atom stereocenters. The summed E-state index contributed by atoms with van der Waals surface area (Å²) in [6.07, 6.45) is 0.958. The molecule has 0 fully saturated rings. The van der Waals surface area contributed by atoms with E-state index in [1.54, 1.807) is 0 Å². The second-order valence-corrected chi connectivity index (χ2v) is 3.93. The molecule has 0 radical (unpaired) electrons. The van der Waals surface area contributed by atoms with Crippen molar-refractivity contribution in [3.63, 3.8) is 0 Å². The van der Waals surface area contributed by atoms with Gasteiger partial charge in [-0.25, -0.2) is 9.97 Å². The summed E-state index contributed by atoms with van der Waals surface area (Å²) in [4.78, 5) is 7.81. The molecule has 0 aliphatic rings. The molecule has 2 N–H and O–H groups in total. The Hall–Kier alpha value is -0.270. The van der Waals surface area contributed by atoms with Gasteiger partial charge in [0.15, 0.2) is 6.29 Å². The van der Waals surface area contributed by atoms with Gasteiger partial charge < -0.3 is 15.2 Å². The third-order valence-corrected chi connectivity index (χ3v) is 2.61. The summed E-state index contributed by atoms with van der Waals surface area (Å²) in [6, 6.07) is -0.533. The smallest absolute Gasteiger partial charge is 0.222 e. The molecule has 15 heavy (non-hydrogen) atoms. The van der Waals surface area contributed by atoms with Crippen LogP contribution in [0.2, 0.25) is 5.28 Å². The van der Waals surface area contributed by atoms with Crippen molar-refractivity contribution in [2.75, 3.05) is 14.2 Å². The van der Waals surface area contributed by atoms with Crippen molar-refractivity contribution in [2.24, 2.45) is 5.73 Å². The molecule has 1 heterocycles. The van der Waals surface area contributed by atoms with E-state index in [0.29, 0.717) is 10.2 Å². The maximum Gasteiger partial charge on any atom is 0.222 e. The summed E-state index contributed by atoms with van der Waals surface area (Å²) in [5.41, 5.74) is 6.45. The Labute approximate surface area is 101 Å². The van der Waals surface area contributed by atoms with Gasteiger partial charge in [-0.1, -0.05) is 0 Å². The van der Waals surface area contributed by atoms with Crippen molar-refractivity contribution in [3.8, 4) is 0 Å². The van der Waals surface area contributed by atoms with Crippen molar-refractivity contribution in [2.45, 2.75) is 12.3 Å². The molecule has 0 aromatic carbocycles. The van der Waals surface area contributed by atoms with Gasteiger partial charge in [-0.3, -0.25) is 0 Å². The van der Waals surface area contributed by atoms with E-state index in [-0.39, 0.29) is 5.28 Å². The van der Waals surface area contributed by atoms with E-state index in [1.807, 2.05) is 0 Å². The quantitative estimate of drug-likeness (QED) is 0.674. The molecule has 84 valence electrons. The highest BCUT2D eigenvalue weighted by Crippen LogP contribution is 2.23. The van der Waals surface area contributed by atoms with Gasteiger partial charge in [0.2, 0.25) is 5.28 Å². The Morgan fingerprint density at radius 1 is 1.47 bits per heavy atom. The first kappa shape index (κ1) is 12.8. The minimum atomic E-state index is -0.577. The van der Waals surface area contributed by atoms with E-state index in [4.69, 9.17) is 26.8 Å². The lowest BCUT2D eigenvalue weighted by Crippen LogP contribution is -2.30. The molecule has 5 nitrogen and oxygen atoms in total. The molecule has 0 saturated heterocycles. The fourth-order valence-corrected chi connectivity index (χ4v) is 1.71. The van der Waals surface area contributed by atoms with Crippen LogP contribution in [0.4, 0.5) is 0 Å². The second kappa shape index (κ2) is 5.72. The van der Waals surface area contributed by atoms with Gasteiger partial charge >= 0.3 is 0 Å². The third kappa shape index (κ3) is 3.09. The Morgan fingerprint density at radius 3 is 2.60 bits per heavy atom. The number of aromatic nitrogens is 2. The Balaban J connectivity index is 2.98. The fourth-order valence-electron chi connectivity index (χ4n) is 1.11. The van der Waals surface area contributed by atoms with Gasteiger partial charge in [0, 0.05) is 20.4 Å². The van der Waals surface area contributed by atoms with Crippen molar-refractivity contribution < 1.29 is 9.47 Å². The number of nitrogens with zero attached hydrogens (tertiary/aromatic N) is 2. The fraction of sp³-hybridized carbons (Fsp3) is 0.500. The molecule has 0 aliphatic carbocycles. The minimum Gasteiger partial charge on any atom is -0.354 e. The first-order valence-electron chi connectivity index (χ1n) is 4.09. The molecule has 0 spiro atoms. The van der Waals surface area contributed by atoms with Crippen LogP contribution in [-0.4, -0.2) is 30.5 Å². The molecule has 0 bridgehead atoms. The largest absolute Gasteiger partial charge is 0.354 e. The number of ether oxygens (including phenoxy) is 2. The lowest BCUT2D eigenvalue weighted by Gasteiger charge is -2.21. The topological polar surface area (TPSA) is 70.3 Å². The maximum atomic E-state index is 5.90. The SMILES string of the molecule is COC(OC)C(N)c1nc(Cl)ncc1Br. The van der Waals surface area contributed by atoms with E-state index in [9.17, 15) is 0 Å². The first-order valence-corrected chi connectivity index (χ1v) is 5.26. The average Bonchev–Trinajstić information content (AvgIpc) is 2.23. The summed E-state index contributed by atoms with van der Waals surface area (Å²) in [5, 5.41) is 0.134. The third-order valence-electron chi connectivity index (χ3n) is 1.82. The number of nitrogens with two attached hydrogens (primary N) is 1. The average molecular weight is 297 g/mol. The zero-order valence-corrected chi connectivity index (χ0v) is 10.6. The summed E-state index contributed by atoms with van der Waals surface area (Å²) >= 11 is 8.95. The predicted octanol–water partition coefficient (Wildman–Crippen LogP) is 1.51. The summed E-state index contributed by atoms with van der Waals surface area (Å²) in [6.45, 7) is 0. The first-order chi connectivity index (χ1) is 7.10. The van der Waals surface area contributed by atoms with Crippen LogP contribution in [-0.2, 0) is 9.47 Å². The zero-order valence-electron chi connectivity index (χ0n) is 8.28. The summed E-state index contributed by atoms with van der Waals surface area (Å²) < 4.78 is 10.7. The van der Waals surface area contributed by atoms with Crippen LogP contribution in [0.5, 0.6) is 0 Å². The van der Waals surface area contributed by atoms with E-state index >= 15 is 0 Å². The lowest BCUT2D eigenvalue weighted by atomic mass is 10.2. The summed E-state index contributed by atoms with van der Waals surface area (Å²) in [5.74, 6) is 0. The molecular weight excluding hydrogens is 285 g/mol. The molecule has 1 rings (SSSR count). The van der Waals surface area contributed by atoms with Crippen molar-refractivity contribution in [1.82, 2.24) is 9.97 Å². The molecule has 0 amide bonds. The second-order valence-electron chi connectivity index (χ2n) is 2.74. The van der Waals surface area contributed by atoms with Gasteiger partial charge in [-0.15, -0.1) is 0 Å². The Kier molecular flexibility index (Phi) is 4.88. The Morgan fingerprint density at radius 2 is 2.07 bits per heavy atom. The van der Waals surface area contributed by atoms with E-state index in [2.05, 4.69) is 25.9 Å². The molecule has 7 heteroatoms. The Bertz CT molecular complexity index is 336.